The van der Waals surface area contributed by atoms with E-state index < -0.39 is 18.3 Å². The van der Waals surface area contributed by atoms with Gasteiger partial charge in [0.25, 0.3) is 0 Å². The number of furan rings is 1. The molecule has 0 bridgehead atoms. The minimum atomic E-state index is -0.437. The molecular weight excluding hydrogens is 383 g/mol. The maximum absolute atomic E-state index is 6.35. The summed E-state index contributed by atoms with van der Waals surface area (Å²) in [4.78, 5) is 0. The molecule has 146 valence electrons. The van der Waals surface area contributed by atoms with E-state index in [1.54, 1.807) is 0 Å². The molecule has 0 saturated carbocycles. The molecule has 0 unspecified atom stereocenters. The highest BCUT2D eigenvalue weighted by atomic mass is 35.5. The van der Waals surface area contributed by atoms with E-state index >= 15 is 0 Å². The highest BCUT2D eigenvalue weighted by molar-refractivity contribution is 6.64. The third-order valence-electron chi connectivity index (χ3n) is 6.22. The molecular formula is C24H22BClO3. The molecule has 0 amide bonds. The second-order valence-corrected chi connectivity index (χ2v) is 9.03. The van der Waals surface area contributed by atoms with E-state index in [1.165, 1.54) is 0 Å². The summed E-state index contributed by atoms with van der Waals surface area (Å²) in [7, 11) is -0.437. The molecule has 1 fully saturated rings. The molecule has 1 aliphatic heterocycles. The number of fused-ring (bicyclic) bond motifs is 3. The zero-order chi connectivity index (χ0) is 20.4. The van der Waals surface area contributed by atoms with Gasteiger partial charge in [0.1, 0.15) is 11.2 Å². The van der Waals surface area contributed by atoms with Gasteiger partial charge in [-0.05, 0) is 68.6 Å². The lowest BCUT2D eigenvalue weighted by atomic mass is 9.74. The Morgan fingerprint density at radius 1 is 0.759 bits per heavy atom. The quantitative estimate of drug-likeness (QED) is 0.372. The molecule has 5 rings (SSSR count). The van der Waals surface area contributed by atoms with Crippen molar-refractivity contribution in [3.8, 4) is 11.1 Å². The van der Waals surface area contributed by atoms with Crippen molar-refractivity contribution in [2.45, 2.75) is 38.9 Å². The third-order valence-corrected chi connectivity index (χ3v) is 6.45. The summed E-state index contributed by atoms with van der Waals surface area (Å²) in [6, 6.07) is 20.1. The van der Waals surface area contributed by atoms with E-state index in [0.29, 0.717) is 5.02 Å². The van der Waals surface area contributed by atoms with Crippen LogP contribution in [0.4, 0.5) is 0 Å². The van der Waals surface area contributed by atoms with Crippen molar-refractivity contribution in [1.82, 2.24) is 0 Å². The van der Waals surface area contributed by atoms with Gasteiger partial charge in [-0.15, -0.1) is 0 Å². The van der Waals surface area contributed by atoms with Crippen LogP contribution in [0.3, 0.4) is 0 Å². The zero-order valence-corrected chi connectivity index (χ0v) is 17.7. The van der Waals surface area contributed by atoms with Crippen molar-refractivity contribution in [3.63, 3.8) is 0 Å². The molecule has 1 saturated heterocycles. The lowest BCUT2D eigenvalue weighted by Crippen LogP contribution is -2.41. The lowest BCUT2D eigenvalue weighted by Gasteiger charge is -2.32. The van der Waals surface area contributed by atoms with Gasteiger partial charge in [0.2, 0.25) is 0 Å². The fourth-order valence-corrected chi connectivity index (χ4v) is 4.11. The highest BCUT2D eigenvalue weighted by Gasteiger charge is 2.52. The second-order valence-electron chi connectivity index (χ2n) is 8.60. The minimum absolute atomic E-state index is 0.396. The number of hydrogen-bond donors (Lipinski definition) is 0. The molecule has 0 radical (unpaired) electrons. The first-order chi connectivity index (χ1) is 13.8. The van der Waals surface area contributed by atoms with Crippen LogP contribution in [0.5, 0.6) is 0 Å². The van der Waals surface area contributed by atoms with Gasteiger partial charge in [0.05, 0.1) is 11.2 Å². The van der Waals surface area contributed by atoms with Crippen molar-refractivity contribution in [1.29, 1.82) is 0 Å². The summed E-state index contributed by atoms with van der Waals surface area (Å²) in [5.74, 6) is 0. The van der Waals surface area contributed by atoms with Gasteiger partial charge in [-0.1, -0.05) is 48.0 Å². The monoisotopic (exact) mass is 404 g/mol. The van der Waals surface area contributed by atoms with Crippen LogP contribution in [0.15, 0.2) is 65.1 Å². The summed E-state index contributed by atoms with van der Waals surface area (Å²) in [6.45, 7) is 8.29. The average molecular weight is 405 g/mol. The smallest absolute Gasteiger partial charge is 0.456 e. The highest BCUT2D eigenvalue weighted by Crippen LogP contribution is 2.40. The maximum Gasteiger partial charge on any atom is 0.495 e. The zero-order valence-electron chi connectivity index (χ0n) is 17.0. The number of rotatable bonds is 2. The Balaban J connectivity index is 1.74. The van der Waals surface area contributed by atoms with Crippen molar-refractivity contribution in [2.75, 3.05) is 0 Å². The van der Waals surface area contributed by atoms with Gasteiger partial charge < -0.3 is 13.7 Å². The Hall–Kier alpha value is -2.27. The summed E-state index contributed by atoms with van der Waals surface area (Å²) >= 11 is 6.29. The Morgan fingerprint density at radius 3 is 2.21 bits per heavy atom. The van der Waals surface area contributed by atoms with Crippen molar-refractivity contribution in [2.24, 2.45) is 0 Å². The van der Waals surface area contributed by atoms with E-state index in [0.717, 1.165) is 38.5 Å². The first kappa shape index (κ1) is 18.7. The SMILES string of the molecule is CC1(C)OB(c2ccccc2-c2cccc3oc4ccc(Cl)cc4c23)OC1(C)C. The number of benzene rings is 3. The molecule has 3 aromatic carbocycles. The molecule has 0 spiro atoms. The van der Waals surface area contributed by atoms with Gasteiger partial charge in [-0.25, -0.2) is 0 Å². The van der Waals surface area contributed by atoms with E-state index in [1.807, 2.05) is 42.5 Å². The Labute approximate surface area is 175 Å². The molecule has 1 aliphatic rings. The van der Waals surface area contributed by atoms with Crippen LogP contribution in [0.2, 0.25) is 5.02 Å². The molecule has 5 heteroatoms. The predicted molar refractivity (Wildman–Crippen MR) is 120 cm³/mol. The number of halogens is 1. The minimum Gasteiger partial charge on any atom is -0.456 e. The Morgan fingerprint density at radius 2 is 1.45 bits per heavy atom. The van der Waals surface area contributed by atoms with Crippen LogP contribution in [0, 0.1) is 0 Å². The summed E-state index contributed by atoms with van der Waals surface area (Å²) in [5.41, 5.74) is 4.02. The Bertz CT molecular complexity index is 1230. The summed E-state index contributed by atoms with van der Waals surface area (Å²) in [6.07, 6.45) is 0. The average Bonchev–Trinajstić information content (AvgIpc) is 3.15. The van der Waals surface area contributed by atoms with Gasteiger partial charge >= 0.3 is 7.12 Å². The molecule has 0 N–H and O–H groups in total. The Kier molecular flexibility index (Phi) is 4.11. The van der Waals surface area contributed by atoms with Gasteiger partial charge in [-0.3, -0.25) is 0 Å². The predicted octanol–water partition coefficient (Wildman–Crippen LogP) is 6.21. The van der Waals surface area contributed by atoms with Crippen LogP contribution in [-0.2, 0) is 9.31 Å². The number of hydrogen-bond acceptors (Lipinski definition) is 3. The van der Waals surface area contributed by atoms with Crippen molar-refractivity contribution < 1.29 is 13.7 Å². The van der Waals surface area contributed by atoms with Crippen LogP contribution in [0.25, 0.3) is 33.1 Å². The topological polar surface area (TPSA) is 31.6 Å². The van der Waals surface area contributed by atoms with Crippen molar-refractivity contribution >= 4 is 46.1 Å². The molecule has 1 aromatic heterocycles. The summed E-state index contributed by atoms with van der Waals surface area (Å²) in [5, 5.41) is 2.75. The first-order valence-electron chi connectivity index (χ1n) is 9.82. The van der Waals surface area contributed by atoms with Crippen molar-refractivity contribution in [3.05, 3.63) is 65.7 Å². The van der Waals surface area contributed by atoms with Crippen LogP contribution in [-0.4, -0.2) is 18.3 Å². The first-order valence-corrected chi connectivity index (χ1v) is 10.2. The van der Waals surface area contributed by atoms with Crippen LogP contribution < -0.4 is 5.46 Å². The van der Waals surface area contributed by atoms with E-state index in [2.05, 4.69) is 45.9 Å². The normalized spacial score (nSPS) is 18.0. The molecule has 0 atom stereocenters. The molecule has 29 heavy (non-hydrogen) atoms. The molecule has 4 aromatic rings. The van der Waals surface area contributed by atoms with Crippen LogP contribution in [0.1, 0.15) is 27.7 Å². The molecule has 3 nitrogen and oxygen atoms in total. The largest absolute Gasteiger partial charge is 0.495 e. The summed E-state index contributed by atoms with van der Waals surface area (Å²) < 4.78 is 18.8. The van der Waals surface area contributed by atoms with Gasteiger partial charge in [0.15, 0.2) is 0 Å². The van der Waals surface area contributed by atoms with Crippen LogP contribution >= 0.6 is 11.6 Å². The molecule has 2 heterocycles. The van der Waals surface area contributed by atoms with Gasteiger partial charge in [-0.2, -0.15) is 0 Å². The maximum atomic E-state index is 6.35. The fourth-order valence-electron chi connectivity index (χ4n) is 3.94. The van der Waals surface area contributed by atoms with E-state index in [-0.39, 0.29) is 0 Å². The van der Waals surface area contributed by atoms with Gasteiger partial charge in [0, 0.05) is 15.8 Å². The lowest BCUT2D eigenvalue weighted by molar-refractivity contribution is 0.00578. The fraction of sp³-hybridized carbons (Fsp3) is 0.250. The molecule has 0 aliphatic carbocycles. The van der Waals surface area contributed by atoms with E-state index in [9.17, 15) is 0 Å². The standard InChI is InChI=1S/C24H22BClO3/c1-23(2)24(3,4)29-25(28-23)19-10-6-5-8-16(19)17-9-7-11-21-22(17)18-14-15(26)12-13-20(18)27-21/h5-14H,1-4H3. The second kappa shape index (κ2) is 6.37. The van der Waals surface area contributed by atoms with E-state index in [4.69, 9.17) is 25.3 Å². The third kappa shape index (κ3) is 2.90.